The minimum atomic E-state index is -3.46. The Hall–Kier alpha value is -2.12. The van der Waals surface area contributed by atoms with E-state index in [0.717, 1.165) is 24.0 Å². The minimum Gasteiger partial charge on any atom is -0.303 e. The summed E-state index contributed by atoms with van der Waals surface area (Å²) in [5, 5.41) is 0. The second-order valence-electron chi connectivity index (χ2n) is 6.61. The number of benzene rings is 2. The van der Waals surface area contributed by atoms with Crippen molar-refractivity contribution in [1.29, 1.82) is 0 Å². The Morgan fingerprint density at radius 3 is 2.08 bits per heavy atom. The molecule has 0 radical (unpaired) electrons. The molecule has 1 heterocycles. The molecule has 0 amide bonds. The topological polar surface area (TPSA) is 54.5 Å². The van der Waals surface area contributed by atoms with E-state index >= 15 is 0 Å². The fourth-order valence-electron chi connectivity index (χ4n) is 3.19. The molecule has 7 heteroatoms. The fraction of sp³-hybridized carbons (Fsp3) is 0.316. The van der Waals surface area contributed by atoms with E-state index in [4.69, 9.17) is 0 Å². The van der Waals surface area contributed by atoms with Crippen LogP contribution in [0.2, 0.25) is 0 Å². The number of rotatable bonds is 7. The first-order valence-corrected chi connectivity index (χ1v) is 9.94. The highest BCUT2D eigenvalue weighted by Crippen LogP contribution is 2.25. The van der Waals surface area contributed by atoms with Crippen molar-refractivity contribution in [1.82, 2.24) is 4.90 Å². The van der Waals surface area contributed by atoms with Crippen molar-refractivity contribution in [3.63, 3.8) is 0 Å². The molecule has 3 rings (SSSR count). The van der Waals surface area contributed by atoms with Crippen molar-refractivity contribution in [3.05, 3.63) is 65.7 Å². The van der Waals surface area contributed by atoms with Gasteiger partial charge in [0.25, 0.3) is 0 Å². The number of carbonyl (C=O) groups is 1. The van der Waals surface area contributed by atoms with Gasteiger partial charge in [0.1, 0.15) is 17.9 Å². The first kappa shape index (κ1) is 18.7. The Bertz CT molecular complexity index is 861. The van der Waals surface area contributed by atoms with Crippen molar-refractivity contribution in [2.24, 2.45) is 5.92 Å². The number of aldehydes is 1. The van der Waals surface area contributed by atoms with Crippen molar-refractivity contribution in [3.8, 4) is 0 Å². The van der Waals surface area contributed by atoms with Gasteiger partial charge in [-0.05, 0) is 47.9 Å². The molecule has 0 bridgehead atoms. The van der Waals surface area contributed by atoms with Crippen LogP contribution < -0.4 is 0 Å². The van der Waals surface area contributed by atoms with E-state index in [9.17, 15) is 22.0 Å². The van der Waals surface area contributed by atoms with E-state index in [1.54, 1.807) is 12.1 Å². The van der Waals surface area contributed by atoms with Gasteiger partial charge in [0.05, 0.1) is 16.6 Å². The van der Waals surface area contributed by atoms with Crippen molar-refractivity contribution in [2.45, 2.75) is 10.8 Å². The maximum absolute atomic E-state index is 13.0. The Labute approximate surface area is 151 Å². The van der Waals surface area contributed by atoms with Crippen LogP contribution >= 0.6 is 0 Å². The molecule has 4 nitrogen and oxygen atoms in total. The van der Waals surface area contributed by atoms with Gasteiger partial charge in [-0.15, -0.1) is 0 Å². The Balaban J connectivity index is 1.54. The van der Waals surface area contributed by atoms with E-state index < -0.39 is 15.7 Å². The highest BCUT2D eigenvalue weighted by Gasteiger charge is 2.33. The van der Waals surface area contributed by atoms with Gasteiger partial charge >= 0.3 is 0 Å². The van der Waals surface area contributed by atoms with Crippen molar-refractivity contribution >= 4 is 16.1 Å². The average molecular weight is 379 g/mol. The van der Waals surface area contributed by atoms with Crippen LogP contribution in [0, 0.1) is 17.6 Å². The molecule has 2 aromatic rings. The molecule has 1 aliphatic rings. The lowest BCUT2D eigenvalue weighted by Gasteiger charge is -2.40. The normalized spacial score (nSPS) is 16.8. The number of nitrogens with zero attached hydrogens (tertiary/aromatic N) is 1. The van der Waals surface area contributed by atoms with Gasteiger partial charge in [0.2, 0.25) is 0 Å². The smallest absolute Gasteiger partial charge is 0.178 e. The maximum Gasteiger partial charge on any atom is 0.178 e. The van der Waals surface area contributed by atoms with Crippen LogP contribution in [0.15, 0.2) is 53.4 Å². The van der Waals surface area contributed by atoms with E-state index in [1.165, 1.54) is 24.3 Å². The summed E-state index contributed by atoms with van der Waals surface area (Å²) in [7, 11) is -3.46. The summed E-state index contributed by atoms with van der Waals surface area (Å²) in [5.41, 5.74) is 0.740. The quantitative estimate of drug-likeness (QED) is 0.548. The predicted molar refractivity (Wildman–Crippen MR) is 93.6 cm³/mol. The molecule has 26 heavy (non-hydrogen) atoms. The van der Waals surface area contributed by atoms with E-state index in [-0.39, 0.29) is 28.3 Å². The minimum absolute atomic E-state index is 0.00254. The third kappa shape index (κ3) is 4.34. The third-order valence-corrected chi connectivity index (χ3v) is 6.48. The van der Waals surface area contributed by atoms with Crippen LogP contribution in [0.25, 0.3) is 0 Å². The second kappa shape index (κ2) is 7.63. The monoisotopic (exact) mass is 379 g/mol. The highest BCUT2D eigenvalue weighted by atomic mass is 32.2. The zero-order chi connectivity index (χ0) is 18.7. The fourth-order valence-corrected chi connectivity index (χ4v) is 4.77. The summed E-state index contributed by atoms with van der Waals surface area (Å²) in [6.45, 7) is 1.63. The third-order valence-electron chi connectivity index (χ3n) is 4.58. The van der Waals surface area contributed by atoms with Gasteiger partial charge in [0, 0.05) is 19.6 Å². The van der Waals surface area contributed by atoms with E-state index in [2.05, 4.69) is 0 Å². The molecule has 1 fully saturated rings. The summed E-state index contributed by atoms with van der Waals surface area (Å²) in [6, 6.07) is 10.6. The van der Waals surface area contributed by atoms with Crippen LogP contribution in [0.3, 0.4) is 0 Å². The molecular formula is C19H19F2NO3S. The zero-order valence-corrected chi connectivity index (χ0v) is 14.8. The Morgan fingerprint density at radius 1 is 1.00 bits per heavy atom. The predicted octanol–water partition coefficient (Wildman–Crippen LogP) is 2.65. The Morgan fingerprint density at radius 2 is 1.54 bits per heavy atom. The number of likely N-dealkylation sites (tertiary alicyclic amines) is 1. The molecule has 1 atom stereocenters. The number of carbonyl (C=O) groups excluding carboxylic acids is 1. The molecule has 0 N–H and O–H groups in total. The lowest BCUT2D eigenvalue weighted by Crippen LogP contribution is -2.50. The molecule has 0 aromatic heterocycles. The average Bonchev–Trinajstić information content (AvgIpc) is 2.58. The second-order valence-corrected chi connectivity index (χ2v) is 8.65. The van der Waals surface area contributed by atoms with Gasteiger partial charge in [-0.2, -0.15) is 0 Å². The lowest BCUT2D eigenvalue weighted by molar-refractivity contribution is -0.109. The molecule has 0 aliphatic carbocycles. The molecule has 1 unspecified atom stereocenters. The van der Waals surface area contributed by atoms with Crippen molar-refractivity contribution < 1.29 is 22.0 Å². The molecular weight excluding hydrogens is 360 g/mol. The summed E-state index contributed by atoms with van der Waals surface area (Å²) in [6.07, 6.45) is 0.829. The van der Waals surface area contributed by atoms with E-state index in [0.29, 0.717) is 19.6 Å². The summed E-state index contributed by atoms with van der Waals surface area (Å²) in [5.74, 6) is -1.22. The van der Waals surface area contributed by atoms with Crippen LogP contribution in [0.5, 0.6) is 0 Å². The molecule has 2 aromatic carbocycles. The largest absolute Gasteiger partial charge is 0.303 e. The molecule has 1 aliphatic heterocycles. The van der Waals surface area contributed by atoms with Crippen molar-refractivity contribution in [2.75, 3.05) is 25.4 Å². The van der Waals surface area contributed by atoms with Gasteiger partial charge in [0.15, 0.2) is 9.84 Å². The number of halogens is 2. The van der Waals surface area contributed by atoms with Gasteiger partial charge in [-0.1, -0.05) is 12.1 Å². The number of sulfone groups is 1. The summed E-state index contributed by atoms with van der Waals surface area (Å²) in [4.78, 5) is 13.5. The van der Waals surface area contributed by atoms with Gasteiger partial charge in [-0.25, -0.2) is 17.2 Å². The molecule has 1 saturated heterocycles. The number of hydrogen-bond donors (Lipinski definition) is 0. The van der Waals surface area contributed by atoms with Crippen LogP contribution in [0.1, 0.15) is 11.5 Å². The summed E-state index contributed by atoms with van der Waals surface area (Å²) >= 11 is 0. The first-order chi connectivity index (χ1) is 12.4. The van der Waals surface area contributed by atoms with Crippen LogP contribution in [-0.2, 0) is 14.6 Å². The molecule has 0 spiro atoms. The zero-order valence-electron chi connectivity index (χ0n) is 14.0. The number of hydrogen-bond acceptors (Lipinski definition) is 4. The van der Waals surface area contributed by atoms with E-state index in [1.807, 2.05) is 4.90 Å². The maximum atomic E-state index is 13.0. The standard InChI is InChI=1S/C19H19F2NO3S/c20-17-3-1-15(2-4-17)16(12-23)11-22-9-14(10-22)13-26(24,25)19-7-5-18(21)6-8-19/h1-8,12,14,16H,9-11,13H2. The van der Waals surface area contributed by atoms with Gasteiger partial charge in [-0.3, -0.25) is 0 Å². The summed E-state index contributed by atoms with van der Waals surface area (Å²) < 4.78 is 50.6. The lowest BCUT2D eigenvalue weighted by atomic mass is 9.95. The first-order valence-electron chi connectivity index (χ1n) is 8.29. The SMILES string of the molecule is O=CC(CN1CC(CS(=O)(=O)c2ccc(F)cc2)C1)c1ccc(F)cc1. The van der Waals surface area contributed by atoms with Gasteiger partial charge < -0.3 is 9.69 Å². The highest BCUT2D eigenvalue weighted by molar-refractivity contribution is 7.91. The van der Waals surface area contributed by atoms with Crippen LogP contribution in [0.4, 0.5) is 8.78 Å². The molecule has 138 valence electrons. The van der Waals surface area contributed by atoms with Crippen LogP contribution in [-0.4, -0.2) is 45.0 Å². The Kier molecular flexibility index (Phi) is 5.48. The molecule has 0 saturated carbocycles.